The van der Waals surface area contributed by atoms with Crippen molar-refractivity contribution in [3.63, 3.8) is 0 Å². The molecule has 0 saturated heterocycles. The Morgan fingerprint density at radius 2 is 1.91 bits per heavy atom. The van der Waals surface area contributed by atoms with Crippen LogP contribution < -0.4 is 5.32 Å². The zero-order valence-electron chi connectivity index (χ0n) is 13.2. The van der Waals surface area contributed by atoms with E-state index in [9.17, 15) is 4.79 Å². The van der Waals surface area contributed by atoms with Gasteiger partial charge in [-0.1, -0.05) is 48.0 Å². The minimum Gasteiger partial charge on any atom is -0.355 e. The van der Waals surface area contributed by atoms with Gasteiger partial charge in [0.1, 0.15) is 0 Å². The average Bonchev–Trinajstić information content (AvgIpc) is 2.52. The molecule has 0 radical (unpaired) electrons. The number of thioether (sulfide) groups is 1. The molecule has 22 heavy (non-hydrogen) atoms. The molecule has 0 aliphatic carbocycles. The van der Waals surface area contributed by atoms with Crippen LogP contribution in [-0.2, 0) is 11.2 Å². The van der Waals surface area contributed by atoms with Crippen molar-refractivity contribution in [3.05, 3.63) is 65.7 Å². The quantitative estimate of drug-likeness (QED) is 0.612. The zero-order chi connectivity index (χ0) is 15.8. The maximum atomic E-state index is 12.1. The van der Waals surface area contributed by atoms with Gasteiger partial charge in [0.15, 0.2) is 0 Å². The lowest BCUT2D eigenvalue weighted by molar-refractivity contribution is -0.120. The predicted molar refractivity (Wildman–Crippen MR) is 94.3 cm³/mol. The van der Waals surface area contributed by atoms with E-state index in [-0.39, 0.29) is 11.2 Å². The molecule has 0 aromatic heterocycles. The highest BCUT2D eigenvalue weighted by Crippen LogP contribution is 2.22. The molecule has 2 rings (SSSR count). The number of carbonyl (C=O) groups excluding carboxylic acids is 1. The Balaban J connectivity index is 1.69. The highest BCUT2D eigenvalue weighted by molar-refractivity contribution is 8.00. The topological polar surface area (TPSA) is 29.1 Å². The molecule has 0 heterocycles. The van der Waals surface area contributed by atoms with E-state index in [1.165, 1.54) is 11.1 Å². The fraction of sp³-hybridized carbons (Fsp3) is 0.316. The van der Waals surface area contributed by atoms with Crippen molar-refractivity contribution >= 4 is 17.7 Å². The number of benzene rings is 2. The predicted octanol–water partition coefficient (Wildman–Crippen LogP) is 4.22. The van der Waals surface area contributed by atoms with Crippen molar-refractivity contribution in [3.8, 4) is 0 Å². The molecular weight excluding hydrogens is 290 g/mol. The normalized spacial score (nSPS) is 11.9. The molecule has 1 N–H and O–H groups in total. The Labute approximate surface area is 137 Å². The summed E-state index contributed by atoms with van der Waals surface area (Å²) < 4.78 is 0. The van der Waals surface area contributed by atoms with Crippen LogP contribution in [-0.4, -0.2) is 17.7 Å². The van der Waals surface area contributed by atoms with E-state index in [0.717, 1.165) is 24.3 Å². The molecule has 2 aromatic carbocycles. The van der Waals surface area contributed by atoms with E-state index in [0.29, 0.717) is 0 Å². The molecular formula is C19H23NOS. The molecule has 1 amide bonds. The number of hydrogen-bond donors (Lipinski definition) is 1. The fourth-order valence-electron chi connectivity index (χ4n) is 2.27. The van der Waals surface area contributed by atoms with Gasteiger partial charge >= 0.3 is 0 Å². The van der Waals surface area contributed by atoms with Gasteiger partial charge < -0.3 is 5.32 Å². The van der Waals surface area contributed by atoms with E-state index in [1.807, 2.05) is 37.3 Å². The van der Waals surface area contributed by atoms with Gasteiger partial charge in [0, 0.05) is 11.4 Å². The minimum absolute atomic E-state index is 0.0682. The van der Waals surface area contributed by atoms with Crippen molar-refractivity contribution in [2.75, 3.05) is 6.54 Å². The fourth-order valence-corrected chi connectivity index (χ4v) is 3.19. The standard InChI is InChI=1S/C19H23NOS/c1-15-8-6-9-17(14-15)10-7-13-20-19(21)16(2)22-18-11-4-3-5-12-18/h3-6,8-9,11-12,14,16H,7,10,13H2,1-2H3,(H,20,21)/t16-/m0/s1. The summed E-state index contributed by atoms with van der Waals surface area (Å²) in [6.45, 7) is 4.79. The number of nitrogens with one attached hydrogen (secondary N) is 1. The highest BCUT2D eigenvalue weighted by atomic mass is 32.2. The number of hydrogen-bond acceptors (Lipinski definition) is 2. The lowest BCUT2D eigenvalue weighted by Gasteiger charge is -2.12. The van der Waals surface area contributed by atoms with Crippen LogP contribution in [0.4, 0.5) is 0 Å². The van der Waals surface area contributed by atoms with Gasteiger partial charge in [-0.2, -0.15) is 0 Å². The van der Waals surface area contributed by atoms with E-state index in [2.05, 4.69) is 36.5 Å². The van der Waals surface area contributed by atoms with Gasteiger partial charge in [0.25, 0.3) is 0 Å². The molecule has 3 heteroatoms. The molecule has 0 bridgehead atoms. The van der Waals surface area contributed by atoms with Crippen molar-refractivity contribution in [2.24, 2.45) is 0 Å². The van der Waals surface area contributed by atoms with Gasteiger partial charge in [-0.3, -0.25) is 4.79 Å². The SMILES string of the molecule is Cc1cccc(CCCNC(=O)[C@H](C)Sc2ccccc2)c1. The molecule has 0 aliphatic heterocycles. The molecule has 2 aromatic rings. The second-order valence-corrected chi connectivity index (χ2v) is 6.87. The Hall–Kier alpha value is -1.74. The molecule has 2 nitrogen and oxygen atoms in total. The third kappa shape index (κ3) is 5.57. The third-order valence-corrected chi connectivity index (χ3v) is 4.56. The molecule has 0 spiro atoms. The number of carbonyl (C=O) groups is 1. The van der Waals surface area contributed by atoms with E-state index in [1.54, 1.807) is 11.8 Å². The Kier molecular flexibility index (Phi) is 6.53. The first-order valence-corrected chi connectivity index (χ1v) is 8.58. The summed E-state index contributed by atoms with van der Waals surface area (Å²) in [7, 11) is 0. The lowest BCUT2D eigenvalue weighted by Crippen LogP contribution is -2.31. The molecule has 116 valence electrons. The van der Waals surface area contributed by atoms with Gasteiger partial charge in [0.2, 0.25) is 5.91 Å². The van der Waals surface area contributed by atoms with Crippen LogP contribution in [0.1, 0.15) is 24.5 Å². The summed E-state index contributed by atoms with van der Waals surface area (Å²) in [5.74, 6) is 0.109. The summed E-state index contributed by atoms with van der Waals surface area (Å²) in [4.78, 5) is 13.2. The smallest absolute Gasteiger partial charge is 0.233 e. The average molecular weight is 313 g/mol. The van der Waals surface area contributed by atoms with E-state index >= 15 is 0 Å². The zero-order valence-corrected chi connectivity index (χ0v) is 14.0. The highest BCUT2D eigenvalue weighted by Gasteiger charge is 2.13. The number of aryl methyl sites for hydroxylation is 2. The molecule has 0 saturated carbocycles. The molecule has 0 fully saturated rings. The van der Waals surface area contributed by atoms with Gasteiger partial charge in [-0.25, -0.2) is 0 Å². The van der Waals surface area contributed by atoms with Gasteiger partial charge in [-0.15, -0.1) is 11.8 Å². The maximum Gasteiger partial charge on any atom is 0.233 e. The Morgan fingerprint density at radius 3 is 2.64 bits per heavy atom. The summed E-state index contributed by atoms with van der Waals surface area (Å²) in [5.41, 5.74) is 2.62. The van der Waals surface area contributed by atoms with Crippen LogP contribution in [0.3, 0.4) is 0 Å². The second-order valence-electron chi connectivity index (χ2n) is 5.46. The van der Waals surface area contributed by atoms with Crippen LogP contribution in [0.2, 0.25) is 0 Å². The van der Waals surface area contributed by atoms with Gasteiger partial charge in [0.05, 0.1) is 5.25 Å². The summed E-state index contributed by atoms with van der Waals surface area (Å²) >= 11 is 1.60. The first-order chi connectivity index (χ1) is 10.6. The number of amides is 1. The van der Waals surface area contributed by atoms with Crippen molar-refractivity contribution in [1.82, 2.24) is 5.32 Å². The first-order valence-electron chi connectivity index (χ1n) is 7.70. The van der Waals surface area contributed by atoms with Crippen LogP contribution in [0, 0.1) is 6.92 Å². The second kappa shape index (κ2) is 8.64. The third-order valence-electron chi connectivity index (χ3n) is 3.45. The minimum atomic E-state index is -0.0682. The molecule has 1 atom stereocenters. The van der Waals surface area contributed by atoms with Crippen LogP contribution in [0.5, 0.6) is 0 Å². The molecule has 0 aliphatic rings. The van der Waals surface area contributed by atoms with E-state index < -0.39 is 0 Å². The maximum absolute atomic E-state index is 12.1. The van der Waals surface area contributed by atoms with Crippen LogP contribution >= 0.6 is 11.8 Å². The van der Waals surface area contributed by atoms with Gasteiger partial charge in [-0.05, 0) is 44.4 Å². The largest absolute Gasteiger partial charge is 0.355 e. The lowest BCUT2D eigenvalue weighted by atomic mass is 10.1. The Morgan fingerprint density at radius 1 is 1.14 bits per heavy atom. The van der Waals surface area contributed by atoms with Crippen molar-refractivity contribution in [1.29, 1.82) is 0 Å². The van der Waals surface area contributed by atoms with E-state index in [4.69, 9.17) is 0 Å². The first kappa shape index (κ1) is 16.6. The Bertz CT molecular complexity index is 597. The van der Waals surface area contributed by atoms with Crippen molar-refractivity contribution < 1.29 is 4.79 Å². The van der Waals surface area contributed by atoms with Crippen LogP contribution in [0.25, 0.3) is 0 Å². The van der Waals surface area contributed by atoms with Crippen molar-refractivity contribution in [2.45, 2.75) is 36.8 Å². The monoisotopic (exact) mass is 313 g/mol. The summed E-state index contributed by atoms with van der Waals surface area (Å²) in [5, 5.41) is 2.96. The number of rotatable bonds is 7. The molecule has 0 unspecified atom stereocenters. The van der Waals surface area contributed by atoms with Crippen LogP contribution in [0.15, 0.2) is 59.5 Å². The summed E-state index contributed by atoms with van der Waals surface area (Å²) in [6.07, 6.45) is 1.97. The summed E-state index contributed by atoms with van der Waals surface area (Å²) in [6, 6.07) is 18.6.